The summed E-state index contributed by atoms with van der Waals surface area (Å²) in [6, 6.07) is 17.7. The molecule has 0 radical (unpaired) electrons. The van der Waals surface area contributed by atoms with Gasteiger partial charge in [-0.1, -0.05) is 31.2 Å². The predicted octanol–water partition coefficient (Wildman–Crippen LogP) is 5.21. The van der Waals surface area contributed by atoms with Crippen molar-refractivity contribution in [3.05, 3.63) is 77.7 Å². The Bertz CT molecular complexity index is 1360. The Morgan fingerprint density at radius 2 is 1.89 bits per heavy atom. The van der Waals surface area contributed by atoms with Gasteiger partial charge in [0.05, 0.1) is 29.0 Å². The molecule has 8 nitrogen and oxygen atoms in total. The van der Waals surface area contributed by atoms with E-state index >= 15 is 0 Å². The van der Waals surface area contributed by atoms with Gasteiger partial charge in [-0.15, -0.1) is 0 Å². The summed E-state index contributed by atoms with van der Waals surface area (Å²) in [5, 5.41) is 13.1. The van der Waals surface area contributed by atoms with Crippen LogP contribution in [-0.2, 0) is 11.2 Å². The number of aromatic nitrogens is 3. The van der Waals surface area contributed by atoms with Crippen LogP contribution in [0.2, 0.25) is 0 Å². The fourth-order valence-corrected chi connectivity index (χ4v) is 4.52. The van der Waals surface area contributed by atoms with Gasteiger partial charge < -0.3 is 25.0 Å². The van der Waals surface area contributed by atoms with E-state index in [0.717, 1.165) is 48.9 Å². The van der Waals surface area contributed by atoms with Gasteiger partial charge in [-0.05, 0) is 62.1 Å². The van der Waals surface area contributed by atoms with Gasteiger partial charge in [-0.2, -0.15) is 0 Å². The Morgan fingerprint density at radius 3 is 2.65 bits per heavy atom. The van der Waals surface area contributed by atoms with E-state index in [1.165, 1.54) is 5.69 Å². The van der Waals surface area contributed by atoms with Crippen LogP contribution in [0.25, 0.3) is 11.0 Å². The highest BCUT2D eigenvalue weighted by Crippen LogP contribution is 2.27. The molecule has 1 unspecified atom stereocenters. The normalized spacial score (nSPS) is 15.1. The summed E-state index contributed by atoms with van der Waals surface area (Å²) in [6.07, 6.45) is 4.43. The molecule has 0 aliphatic carbocycles. The number of H-pyrrole nitrogens is 1. The number of aliphatic hydroxyl groups is 1. The molecule has 2 aromatic carbocycles. The number of nitrogens with one attached hydrogen (secondary N) is 2. The summed E-state index contributed by atoms with van der Waals surface area (Å²) in [7, 11) is 0. The molecule has 0 amide bonds. The summed E-state index contributed by atoms with van der Waals surface area (Å²) in [5.74, 6) is 0.929. The Kier molecular flexibility index (Phi) is 7.37. The number of anilines is 3. The number of hydrogen-bond acceptors (Lipinski definition) is 7. The molecule has 37 heavy (non-hydrogen) atoms. The number of para-hydroxylation sites is 1. The number of hydrogen-bond donors (Lipinski definition) is 3. The molecule has 1 atom stereocenters. The van der Waals surface area contributed by atoms with E-state index in [1.54, 1.807) is 6.07 Å². The fourth-order valence-electron chi connectivity index (χ4n) is 4.52. The topological polar surface area (TPSA) is 103 Å². The third-order valence-electron chi connectivity index (χ3n) is 6.86. The molecule has 4 aromatic rings. The molecule has 8 heteroatoms. The molecule has 3 N–H and O–H groups in total. The first kappa shape index (κ1) is 24.8. The highest BCUT2D eigenvalue weighted by atomic mass is 16.5. The molecule has 3 heterocycles. The summed E-state index contributed by atoms with van der Waals surface area (Å²) in [6.45, 7) is 5.61. The minimum absolute atomic E-state index is 0.158. The maximum atomic E-state index is 12.8. The van der Waals surface area contributed by atoms with E-state index < -0.39 is 0 Å². The van der Waals surface area contributed by atoms with Gasteiger partial charge in [0, 0.05) is 31.4 Å². The maximum Gasteiger partial charge on any atom is 0.340 e. The number of piperidine rings is 1. The number of carbonyl (C=O) groups excluding carboxylic acids is 1. The number of carbonyl (C=O) groups is 1. The predicted molar refractivity (Wildman–Crippen MR) is 145 cm³/mol. The van der Waals surface area contributed by atoms with Crippen molar-refractivity contribution < 1.29 is 14.6 Å². The Labute approximate surface area is 216 Å². The molecular weight excluding hydrogens is 466 g/mol. The average molecular weight is 500 g/mol. The molecule has 1 aliphatic heterocycles. The maximum absolute atomic E-state index is 12.8. The number of rotatable bonds is 8. The number of aliphatic hydroxyl groups excluding tert-OH is 1. The van der Waals surface area contributed by atoms with Crippen molar-refractivity contribution in [2.45, 2.75) is 51.7 Å². The van der Waals surface area contributed by atoms with E-state index in [-0.39, 0.29) is 18.2 Å². The number of aromatic amines is 1. The fraction of sp³-hybridized carbons (Fsp3) is 0.345. The minimum Gasteiger partial charge on any atom is -0.459 e. The SMILES string of the molecule is CCC(C)OC(=O)c1ccccc1Nc1nc(Cc2ccc(N3CCC(O)CC3)cc2)nc2cc[nH]c12. The number of benzene rings is 2. The third kappa shape index (κ3) is 5.75. The molecule has 1 aliphatic rings. The van der Waals surface area contributed by atoms with Crippen LogP contribution in [0, 0.1) is 0 Å². The lowest BCUT2D eigenvalue weighted by Crippen LogP contribution is -2.35. The monoisotopic (exact) mass is 499 g/mol. The molecule has 0 bridgehead atoms. The van der Waals surface area contributed by atoms with Gasteiger partial charge in [0.15, 0.2) is 5.82 Å². The van der Waals surface area contributed by atoms with Crippen LogP contribution in [-0.4, -0.2) is 51.3 Å². The second-order valence-corrected chi connectivity index (χ2v) is 9.58. The zero-order chi connectivity index (χ0) is 25.8. The largest absolute Gasteiger partial charge is 0.459 e. The van der Waals surface area contributed by atoms with Crippen molar-refractivity contribution in [2.75, 3.05) is 23.3 Å². The van der Waals surface area contributed by atoms with Gasteiger partial charge in [0.25, 0.3) is 0 Å². The number of fused-ring (bicyclic) bond motifs is 1. The highest BCUT2D eigenvalue weighted by Gasteiger charge is 2.19. The Morgan fingerprint density at radius 1 is 1.14 bits per heavy atom. The van der Waals surface area contributed by atoms with Crippen molar-refractivity contribution in [3.63, 3.8) is 0 Å². The lowest BCUT2D eigenvalue weighted by molar-refractivity contribution is 0.0335. The van der Waals surface area contributed by atoms with Crippen LogP contribution in [0.15, 0.2) is 60.8 Å². The van der Waals surface area contributed by atoms with Crippen LogP contribution in [0.5, 0.6) is 0 Å². The molecular formula is C29H33N5O3. The van der Waals surface area contributed by atoms with Gasteiger partial charge in [0.2, 0.25) is 0 Å². The third-order valence-corrected chi connectivity index (χ3v) is 6.86. The highest BCUT2D eigenvalue weighted by molar-refractivity contribution is 5.98. The summed E-state index contributed by atoms with van der Waals surface area (Å²) in [5.41, 5.74) is 4.95. The second kappa shape index (κ2) is 11.0. The molecule has 1 fully saturated rings. The first-order valence-corrected chi connectivity index (χ1v) is 12.9. The van der Waals surface area contributed by atoms with Gasteiger partial charge in [-0.25, -0.2) is 14.8 Å². The zero-order valence-electron chi connectivity index (χ0n) is 21.3. The zero-order valence-corrected chi connectivity index (χ0v) is 21.3. The number of ether oxygens (including phenoxy) is 1. The van der Waals surface area contributed by atoms with E-state index in [1.807, 2.05) is 44.3 Å². The van der Waals surface area contributed by atoms with Crippen molar-refractivity contribution >= 4 is 34.2 Å². The van der Waals surface area contributed by atoms with E-state index in [4.69, 9.17) is 14.7 Å². The molecule has 2 aromatic heterocycles. The molecule has 5 rings (SSSR count). The van der Waals surface area contributed by atoms with Crippen molar-refractivity contribution in [1.82, 2.24) is 15.0 Å². The van der Waals surface area contributed by atoms with E-state index in [2.05, 4.69) is 39.5 Å². The summed E-state index contributed by atoms with van der Waals surface area (Å²) < 4.78 is 5.56. The summed E-state index contributed by atoms with van der Waals surface area (Å²) >= 11 is 0. The summed E-state index contributed by atoms with van der Waals surface area (Å²) in [4.78, 5) is 27.9. The first-order chi connectivity index (χ1) is 18.0. The number of esters is 1. The second-order valence-electron chi connectivity index (χ2n) is 9.58. The molecule has 192 valence electrons. The Hall–Kier alpha value is -3.91. The quantitative estimate of drug-likeness (QED) is 0.286. The van der Waals surface area contributed by atoms with Crippen molar-refractivity contribution in [1.29, 1.82) is 0 Å². The van der Waals surface area contributed by atoms with Gasteiger partial charge in [-0.3, -0.25) is 0 Å². The van der Waals surface area contributed by atoms with E-state index in [9.17, 15) is 9.90 Å². The van der Waals surface area contributed by atoms with Crippen LogP contribution in [0.4, 0.5) is 17.2 Å². The Balaban J connectivity index is 1.37. The first-order valence-electron chi connectivity index (χ1n) is 12.9. The van der Waals surface area contributed by atoms with Crippen LogP contribution in [0.3, 0.4) is 0 Å². The molecule has 0 saturated carbocycles. The lowest BCUT2D eigenvalue weighted by atomic mass is 10.1. The number of nitrogens with zero attached hydrogens (tertiary/aromatic N) is 3. The van der Waals surface area contributed by atoms with Crippen LogP contribution < -0.4 is 10.2 Å². The lowest BCUT2D eigenvalue weighted by Gasteiger charge is -2.31. The standard InChI is InChI=1S/C29H33N5O3/c1-3-19(2)37-29(36)23-6-4-5-7-24(23)32-28-27-25(12-15-30-27)31-26(33-28)18-20-8-10-21(11-9-20)34-16-13-22(35)14-17-34/h4-12,15,19,22,30,35H,3,13-14,16-18H2,1-2H3,(H,31,32,33). The average Bonchev–Trinajstić information content (AvgIpc) is 3.39. The smallest absolute Gasteiger partial charge is 0.340 e. The van der Waals surface area contributed by atoms with Crippen LogP contribution in [0.1, 0.15) is 54.9 Å². The van der Waals surface area contributed by atoms with Crippen LogP contribution >= 0.6 is 0 Å². The van der Waals surface area contributed by atoms with E-state index in [0.29, 0.717) is 29.3 Å². The minimum atomic E-state index is -0.363. The van der Waals surface area contributed by atoms with Crippen molar-refractivity contribution in [3.8, 4) is 0 Å². The van der Waals surface area contributed by atoms with Gasteiger partial charge in [0.1, 0.15) is 11.3 Å². The van der Waals surface area contributed by atoms with Gasteiger partial charge >= 0.3 is 5.97 Å². The van der Waals surface area contributed by atoms with Crippen molar-refractivity contribution in [2.24, 2.45) is 0 Å². The molecule has 1 saturated heterocycles. The molecule has 0 spiro atoms.